The van der Waals surface area contributed by atoms with Crippen molar-refractivity contribution in [2.24, 2.45) is 0 Å². The zero-order valence-electron chi connectivity index (χ0n) is 20.2. The molecule has 0 aromatic heterocycles. The molecule has 2 aromatic rings. The largest absolute Gasteiger partial charge is 0.491 e. The van der Waals surface area contributed by atoms with Crippen LogP contribution in [0.25, 0.3) is 0 Å². The fourth-order valence-electron chi connectivity index (χ4n) is 4.73. The summed E-state index contributed by atoms with van der Waals surface area (Å²) in [6.45, 7) is 6.64. The lowest BCUT2D eigenvalue weighted by Crippen LogP contribution is -2.61. The second-order valence-corrected chi connectivity index (χ2v) is 9.51. The van der Waals surface area contributed by atoms with E-state index < -0.39 is 6.10 Å². The Hall–Kier alpha value is -2.96. The number of hydrogen-bond acceptors (Lipinski definition) is 7. The summed E-state index contributed by atoms with van der Waals surface area (Å²) in [4.78, 5) is 16.9. The summed E-state index contributed by atoms with van der Waals surface area (Å²) in [5.41, 5.74) is 1.80. The third-order valence-corrected chi connectivity index (χ3v) is 6.47. The Morgan fingerprint density at radius 1 is 1.11 bits per heavy atom. The van der Waals surface area contributed by atoms with E-state index in [0.717, 1.165) is 0 Å². The molecule has 4 atom stereocenters. The number of rotatable bonds is 10. The van der Waals surface area contributed by atoms with Crippen LogP contribution in [0, 0.1) is 11.3 Å². The summed E-state index contributed by atoms with van der Waals surface area (Å²) in [6.07, 6.45) is -0.590. The van der Waals surface area contributed by atoms with Crippen LogP contribution in [0.1, 0.15) is 24.0 Å². The molecule has 2 aliphatic heterocycles. The van der Waals surface area contributed by atoms with Gasteiger partial charge in [0.15, 0.2) is 0 Å². The summed E-state index contributed by atoms with van der Waals surface area (Å²) >= 11 is 0. The first-order chi connectivity index (χ1) is 17.0. The van der Waals surface area contributed by atoms with Gasteiger partial charge in [-0.1, -0.05) is 37.3 Å². The van der Waals surface area contributed by atoms with Crippen LogP contribution in [0.5, 0.6) is 5.75 Å². The molecule has 2 heterocycles. The summed E-state index contributed by atoms with van der Waals surface area (Å²) < 4.78 is 11.8. The van der Waals surface area contributed by atoms with Crippen LogP contribution in [0.4, 0.5) is 0 Å². The van der Waals surface area contributed by atoms with Gasteiger partial charge in [-0.15, -0.1) is 0 Å². The van der Waals surface area contributed by atoms with Crippen molar-refractivity contribution < 1.29 is 19.4 Å². The Kier molecular flexibility index (Phi) is 8.72. The highest BCUT2D eigenvalue weighted by Crippen LogP contribution is 2.20. The number of fused-ring (bicyclic) bond motifs is 2. The van der Waals surface area contributed by atoms with Crippen molar-refractivity contribution in [1.29, 1.82) is 5.26 Å². The molecule has 2 aliphatic rings. The molecule has 2 aromatic carbocycles. The first-order valence-corrected chi connectivity index (χ1v) is 12.2. The molecule has 3 unspecified atom stereocenters. The van der Waals surface area contributed by atoms with Gasteiger partial charge in [-0.2, -0.15) is 5.26 Å². The van der Waals surface area contributed by atoms with Crippen LogP contribution in [0.3, 0.4) is 0 Å². The van der Waals surface area contributed by atoms with Crippen molar-refractivity contribution >= 4 is 5.91 Å². The van der Waals surface area contributed by atoms with Crippen molar-refractivity contribution in [2.75, 3.05) is 52.4 Å². The third-order valence-electron chi connectivity index (χ3n) is 6.47. The van der Waals surface area contributed by atoms with Crippen LogP contribution in [-0.4, -0.2) is 91.5 Å². The number of carbonyl (C=O) groups is 1. The number of β-amino-alcohol motifs (C(OH)–C–C–N with tert-alkyl or cyclic N) is 1. The maximum absolute atomic E-state index is 12.5. The monoisotopic (exact) mass is 478 g/mol. The van der Waals surface area contributed by atoms with E-state index in [2.05, 4.69) is 40.2 Å². The molecular formula is C27H34N4O4. The minimum atomic E-state index is -0.627. The number of nitrogens with zero attached hydrogens (tertiary/aromatic N) is 3. The molecule has 2 saturated heterocycles. The maximum atomic E-state index is 12.5. The number of benzene rings is 2. The summed E-state index contributed by atoms with van der Waals surface area (Å²) in [6, 6.07) is 19.1. The SMILES string of the molecule is CC(CNC(=O)CN1CC2CN(C[C@H](O)COc3ccc(C#N)cc3)CC(C1)O2)c1ccccc1. The molecule has 1 amide bonds. The second kappa shape index (κ2) is 12.1. The number of aliphatic hydroxyl groups is 1. The summed E-state index contributed by atoms with van der Waals surface area (Å²) in [5, 5.41) is 22.4. The van der Waals surface area contributed by atoms with Gasteiger partial charge in [-0.25, -0.2) is 0 Å². The Morgan fingerprint density at radius 3 is 2.43 bits per heavy atom. The van der Waals surface area contributed by atoms with E-state index in [0.29, 0.717) is 57.1 Å². The number of amides is 1. The van der Waals surface area contributed by atoms with E-state index >= 15 is 0 Å². The fraction of sp³-hybridized carbons (Fsp3) is 0.481. The molecule has 2 N–H and O–H groups in total. The average molecular weight is 479 g/mol. The topological polar surface area (TPSA) is 98.1 Å². The van der Waals surface area contributed by atoms with Crippen LogP contribution in [0.2, 0.25) is 0 Å². The number of carbonyl (C=O) groups excluding carboxylic acids is 1. The zero-order chi connectivity index (χ0) is 24.6. The Balaban J connectivity index is 1.16. The smallest absolute Gasteiger partial charge is 0.234 e. The number of hydrogen-bond donors (Lipinski definition) is 2. The quantitative estimate of drug-likeness (QED) is 0.535. The van der Waals surface area contributed by atoms with E-state index in [1.165, 1.54) is 5.56 Å². The molecule has 2 fully saturated rings. The zero-order valence-corrected chi connectivity index (χ0v) is 20.2. The number of ether oxygens (including phenoxy) is 2. The molecule has 0 spiro atoms. The minimum absolute atomic E-state index is 0.0187. The molecule has 0 radical (unpaired) electrons. The van der Waals surface area contributed by atoms with E-state index in [9.17, 15) is 9.90 Å². The number of nitriles is 1. The van der Waals surface area contributed by atoms with Crippen LogP contribution in [-0.2, 0) is 9.53 Å². The first kappa shape index (κ1) is 25.1. The molecule has 2 bridgehead atoms. The highest BCUT2D eigenvalue weighted by molar-refractivity contribution is 5.78. The first-order valence-electron chi connectivity index (χ1n) is 12.2. The predicted molar refractivity (Wildman–Crippen MR) is 132 cm³/mol. The molecule has 8 heteroatoms. The van der Waals surface area contributed by atoms with E-state index in [-0.39, 0.29) is 30.6 Å². The van der Waals surface area contributed by atoms with Gasteiger partial charge < -0.3 is 19.9 Å². The highest BCUT2D eigenvalue weighted by Gasteiger charge is 2.36. The minimum Gasteiger partial charge on any atom is -0.491 e. The van der Waals surface area contributed by atoms with Gasteiger partial charge in [0.1, 0.15) is 18.5 Å². The predicted octanol–water partition coefficient (Wildman–Crippen LogP) is 1.60. The van der Waals surface area contributed by atoms with E-state index in [1.807, 2.05) is 18.2 Å². The molecule has 186 valence electrons. The highest BCUT2D eigenvalue weighted by atomic mass is 16.5. The molecule has 0 saturated carbocycles. The summed E-state index contributed by atoms with van der Waals surface area (Å²) in [5.74, 6) is 0.944. The molecule has 0 aliphatic carbocycles. The van der Waals surface area contributed by atoms with E-state index in [1.54, 1.807) is 24.3 Å². The number of aliphatic hydroxyl groups excluding tert-OH is 1. The third kappa shape index (κ3) is 7.51. The van der Waals surface area contributed by atoms with Gasteiger partial charge in [-0.05, 0) is 35.7 Å². The number of morpholine rings is 2. The molecule has 8 nitrogen and oxygen atoms in total. The molecule has 35 heavy (non-hydrogen) atoms. The van der Waals surface area contributed by atoms with Crippen LogP contribution >= 0.6 is 0 Å². The molecule has 4 rings (SSSR count). The van der Waals surface area contributed by atoms with Crippen molar-refractivity contribution in [2.45, 2.75) is 31.2 Å². The lowest BCUT2D eigenvalue weighted by atomic mass is 10.0. The Morgan fingerprint density at radius 2 is 1.77 bits per heavy atom. The van der Waals surface area contributed by atoms with Gasteiger partial charge >= 0.3 is 0 Å². The average Bonchev–Trinajstić information content (AvgIpc) is 2.86. The van der Waals surface area contributed by atoms with Crippen LogP contribution < -0.4 is 10.1 Å². The van der Waals surface area contributed by atoms with Crippen molar-refractivity contribution in [1.82, 2.24) is 15.1 Å². The van der Waals surface area contributed by atoms with Gasteiger partial charge in [0.05, 0.1) is 30.4 Å². The van der Waals surface area contributed by atoms with Gasteiger partial charge in [0.25, 0.3) is 0 Å². The van der Waals surface area contributed by atoms with Crippen molar-refractivity contribution in [3.05, 3.63) is 65.7 Å². The Bertz CT molecular complexity index is 980. The van der Waals surface area contributed by atoms with E-state index in [4.69, 9.17) is 14.7 Å². The van der Waals surface area contributed by atoms with Gasteiger partial charge in [-0.3, -0.25) is 14.6 Å². The van der Waals surface area contributed by atoms with Crippen molar-refractivity contribution in [3.63, 3.8) is 0 Å². The Labute approximate surface area is 207 Å². The van der Waals surface area contributed by atoms with Crippen LogP contribution in [0.15, 0.2) is 54.6 Å². The van der Waals surface area contributed by atoms with Gasteiger partial charge in [0, 0.05) is 39.3 Å². The maximum Gasteiger partial charge on any atom is 0.234 e. The standard InChI is InChI=1S/C27H34N4O4/c1-20(22-5-3-2-4-6-22)12-29-27(33)18-31-16-25-14-30(15-26(17-31)35-25)13-23(32)19-34-24-9-7-21(11-28)8-10-24/h2-10,20,23,25-26,32H,12-19H2,1H3,(H,29,33)/t20?,23-,25?,26?/m0/s1. The molecular weight excluding hydrogens is 444 g/mol. The van der Waals surface area contributed by atoms with Crippen molar-refractivity contribution in [3.8, 4) is 11.8 Å². The normalized spacial score (nSPS) is 22.1. The fourth-order valence-corrected chi connectivity index (χ4v) is 4.73. The number of nitrogens with one attached hydrogen (secondary N) is 1. The lowest BCUT2D eigenvalue weighted by molar-refractivity contribution is -0.148. The van der Waals surface area contributed by atoms with Gasteiger partial charge in [0.2, 0.25) is 5.91 Å². The summed E-state index contributed by atoms with van der Waals surface area (Å²) in [7, 11) is 0. The lowest BCUT2D eigenvalue weighted by Gasteiger charge is -2.46. The second-order valence-electron chi connectivity index (χ2n) is 9.51.